The van der Waals surface area contributed by atoms with Crippen LogP contribution in [-0.2, 0) is 0 Å². The molecule has 2 N–H and O–H groups in total. The predicted octanol–water partition coefficient (Wildman–Crippen LogP) is 2.63. The molecule has 0 amide bonds. The lowest BCUT2D eigenvalue weighted by Gasteiger charge is -2.05. The van der Waals surface area contributed by atoms with Crippen LogP contribution in [0.25, 0.3) is 22.8 Å². The van der Waals surface area contributed by atoms with Gasteiger partial charge in [0.1, 0.15) is 11.5 Å². The SMILES string of the molecule is Cc1ccc(-c2nnc(-c3ccc(C)cc3O)nn2)c(O)c1. The van der Waals surface area contributed by atoms with Crippen LogP contribution >= 0.6 is 0 Å². The predicted molar refractivity (Wildman–Crippen MR) is 81.3 cm³/mol. The summed E-state index contributed by atoms with van der Waals surface area (Å²) >= 11 is 0. The largest absolute Gasteiger partial charge is 0.507 e. The fraction of sp³-hybridized carbons (Fsp3) is 0.125. The van der Waals surface area contributed by atoms with Crippen LogP contribution in [0.15, 0.2) is 36.4 Å². The number of aryl methyl sites for hydroxylation is 2. The molecule has 3 aromatic rings. The van der Waals surface area contributed by atoms with E-state index in [-0.39, 0.29) is 23.1 Å². The second kappa shape index (κ2) is 5.40. The molecule has 0 bridgehead atoms. The van der Waals surface area contributed by atoms with Gasteiger partial charge in [-0.3, -0.25) is 0 Å². The third-order valence-electron chi connectivity index (χ3n) is 3.27. The molecule has 3 rings (SSSR count). The Bertz CT molecular complexity index is 762. The number of rotatable bonds is 2. The van der Waals surface area contributed by atoms with Gasteiger partial charge in [0.25, 0.3) is 0 Å². The summed E-state index contributed by atoms with van der Waals surface area (Å²) in [5.41, 5.74) is 2.79. The van der Waals surface area contributed by atoms with E-state index in [9.17, 15) is 10.2 Å². The van der Waals surface area contributed by atoms with Crippen molar-refractivity contribution in [1.82, 2.24) is 20.4 Å². The molecule has 22 heavy (non-hydrogen) atoms. The van der Waals surface area contributed by atoms with Crippen molar-refractivity contribution in [3.8, 4) is 34.3 Å². The average molecular weight is 294 g/mol. The van der Waals surface area contributed by atoms with E-state index in [4.69, 9.17) is 0 Å². The van der Waals surface area contributed by atoms with Gasteiger partial charge in [0.05, 0.1) is 11.1 Å². The molecule has 110 valence electrons. The van der Waals surface area contributed by atoms with Gasteiger partial charge < -0.3 is 10.2 Å². The first kappa shape index (κ1) is 13.9. The van der Waals surface area contributed by atoms with Crippen molar-refractivity contribution in [3.05, 3.63) is 47.5 Å². The second-order valence-electron chi connectivity index (χ2n) is 5.09. The van der Waals surface area contributed by atoms with Crippen molar-refractivity contribution in [2.24, 2.45) is 0 Å². The quantitative estimate of drug-likeness (QED) is 0.755. The van der Waals surface area contributed by atoms with Crippen LogP contribution in [0.5, 0.6) is 11.5 Å². The van der Waals surface area contributed by atoms with Crippen LogP contribution in [-0.4, -0.2) is 30.6 Å². The van der Waals surface area contributed by atoms with Crippen LogP contribution in [0.1, 0.15) is 11.1 Å². The molecule has 0 unspecified atom stereocenters. The number of hydrogen-bond acceptors (Lipinski definition) is 6. The van der Waals surface area contributed by atoms with E-state index >= 15 is 0 Å². The van der Waals surface area contributed by atoms with Crippen LogP contribution in [0, 0.1) is 13.8 Å². The number of nitrogens with zero attached hydrogens (tertiary/aromatic N) is 4. The zero-order valence-corrected chi connectivity index (χ0v) is 12.1. The highest BCUT2D eigenvalue weighted by atomic mass is 16.3. The van der Waals surface area contributed by atoms with Crippen molar-refractivity contribution in [3.63, 3.8) is 0 Å². The minimum atomic E-state index is 0.0783. The van der Waals surface area contributed by atoms with E-state index < -0.39 is 0 Å². The molecule has 0 aliphatic rings. The summed E-state index contributed by atoms with van der Waals surface area (Å²) in [5, 5.41) is 35.8. The normalized spacial score (nSPS) is 10.6. The Morgan fingerprint density at radius 2 is 1.00 bits per heavy atom. The van der Waals surface area contributed by atoms with E-state index in [1.165, 1.54) is 0 Å². The zero-order valence-electron chi connectivity index (χ0n) is 12.1. The first-order valence-electron chi connectivity index (χ1n) is 6.72. The van der Waals surface area contributed by atoms with Gasteiger partial charge in [-0.15, -0.1) is 20.4 Å². The summed E-state index contributed by atoms with van der Waals surface area (Å²) in [6.45, 7) is 3.76. The van der Waals surface area contributed by atoms with Crippen LogP contribution in [0.4, 0.5) is 0 Å². The number of phenols is 2. The highest BCUT2D eigenvalue weighted by Crippen LogP contribution is 2.29. The summed E-state index contributed by atoms with van der Waals surface area (Å²) in [5.74, 6) is 0.616. The maximum absolute atomic E-state index is 9.93. The van der Waals surface area contributed by atoms with E-state index in [0.717, 1.165) is 11.1 Å². The number of benzene rings is 2. The van der Waals surface area contributed by atoms with Crippen molar-refractivity contribution < 1.29 is 10.2 Å². The molecule has 0 radical (unpaired) electrons. The van der Waals surface area contributed by atoms with E-state index in [1.54, 1.807) is 24.3 Å². The second-order valence-corrected chi connectivity index (χ2v) is 5.09. The first-order chi connectivity index (χ1) is 10.5. The molecule has 0 saturated heterocycles. The van der Waals surface area contributed by atoms with Crippen molar-refractivity contribution in [2.45, 2.75) is 13.8 Å². The minimum Gasteiger partial charge on any atom is -0.507 e. The number of hydrogen-bond donors (Lipinski definition) is 2. The van der Waals surface area contributed by atoms with Gasteiger partial charge in [-0.25, -0.2) is 0 Å². The number of aromatic nitrogens is 4. The van der Waals surface area contributed by atoms with Gasteiger partial charge in [-0.05, 0) is 49.2 Å². The van der Waals surface area contributed by atoms with Gasteiger partial charge in [0.15, 0.2) is 0 Å². The Hall–Kier alpha value is -3.02. The minimum absolute atomic E-state index is 0.0783. The van der Waals surface area contributed by atoms with Crippen molar-refractivity contribution in [1.29, 1.82) is 0 Å². The van der Waals surface area contributed by atoms with Crippen LogP contribution in [0.2, 0.25) is 0 Å². The summed E-state index contributed by atoms with van der Waals surface area (Å²) in [6.07, 6.45) is 0. The smallest absolute Gasteiger partial charge is 0.207 e. The molecular weight excluding hydrogens is 280 g/mol. The summed E-state index contributed by atoms with van der Waals surface area (Å²) in [7, 11) is 0. The Morgan fingerprint density at radius 1 is 0.636 bits per heavy atom. The van der Waals surface area contributed by atoms with Gasteiger partial charge >= 0.3 is 0 Å². The Morgan fingerprint density at radius 3 is 1.32 bits per heavy atom. The highest BCUT2D eigenvalue weighted by molar-refractivity contribution is 5.66. The van der Waals surface area contributed by atoms with E-state index in [1.807, 2.05) is 26.0 Å². The molecule has 0 aliphatic heterocycles. The molecule has 0 fully saturated rings. The lowest BCUT2D eigenvalue weighted by molar-refractivity contribution is 0.475. The maximum atomic E-state index is 9.93. The zero-order chi connectivity index (χ0) is 15.7. The Balaban J connectivity index is 1.99. The monoisotopic (exact) mass is 294 g/mol. The molecule has 0 atom stereocenters. The standard InChI is InChI=1S/C16H14N4O2/c1-9-3-5-11(13(21)7-9)15-17-19-16(20-18-15)12-6-4-10(2)8-14(12)22/h3-8,21-22H,1-2H3. The van der Waals surface area contributed by atoms with Crippen molar-refractivity contribution in [2.75, 3.05) is 0 Å². The molecule has 1 aromatic heterocycles. The molecule has 0 spiro atoms. The third-order valence-corrected chi connectivity index (χ3v) is 3.27. The summed E-state index contributed by atoms with van der Waals surface area (Å²) < 4.78 is 0. The molecule has 6 heteroatoms. The van der Waals surface area contributed by atoms with Gasteiger partial charge in [-0.1, -0.05) is 12.1 Å². The Kier molecular flexibility index (Phi) is 3.42. The first-order valence-corrected chi connectivity index (χ1v) is 6.72. The van der Waals surface area contributed by atoms with Gasteiger partial charge in [0.2, 0.25) is 11.6 Å². The molecule has 0 aliphatic carbocycles. The topological polar surface area (TPSA) is 92.0 Å². The molecule has 2 aromatic carbocycles. The lowest BCUT2D eigenvalue weighted by atomic mass is 10.1. The summed E-state index contributed by atoms with van der Waals surface area (Å²) in [4.78, 5) is 0. The van der Waals surface area contributed by atoms with Crippen molar-refractivity contribution >= 4 is 0 Å². The van der Waals surface area contributed by atoms with E-state index in [2.05, 4.69) is 20.4 Å². The fourth-order valence-electron chi connectivity index (χ4n) is 2.11. The van der Waals surface area contributed by atoms with Gasteiger partial charge in [0, 0.05) is 0 Å². The molecule has 0 saturated carbocycles. The lowest BCUT2D eigenvalue weighted by Crippen LogP contribution is -1.99. The van der Waals surface area contributed by atoms with Gasteiger partial charge in [-0.2, -0.15) is 0 Å². The van der Waals surface area contributed by atoms with Crippen LogP contribution < -0.4 is 0 Å². The highest BCUT2D eigenvalue weighted by Gasteiger charge is 2.12. The number of phenolic OH excluding ortho intramolecular Hbond substituents is 2. The molecule has 6 nitrogen and oxygen atoms in total. The number of aromatic hydroxyl groups is 2. The maximum Gasteiger partial charge on any atom is 0.207 e. The summed E-state index contributed by atoms with van der Waals surface area (Å²) in [6, 6.07) is 10.4. The molecule has 1 heterocycles. The fourth-order valence-corrected chi connectivity index (χ4v) is 2.11. The molecular formula is C16H14N4O2. The Labute approximate surface area is 127 Å². The third kappa shape index (κ3) is 2.58. The average Bonchev–Trinajstić information content (AvgIpc) is 2.48. The van der Waals surface area contributed by atoms with E-state index in [0.29, 0.717) is 11.1 Å². The van der Waals surface area contributed by atoms with Crippen LogP contribution in [0.3, 0.4) is 0 Å².